The molecule has 2 atom stereocenters. The van der Waals surface area contributed by atoms with Crippen LogP contribution in [0.3, 0.4) is 0 Å². The van der Waals surface area contributed by atoms with E-state index in [1.54, 1.807) is 23.3 Å². The fourth-order valence-corrected chi connectivity index (χ4v) is 4.40. The van der Waals surface area contributed by atoms with Crippen molar-refractivity contribution in [1.82, 2.24) is 9.62 Å². The molecule has 156 valence electrons. The van der Waals surface area contributed by atoms with Gasteiger partial charge in [-0.2, -0.15) is 4.72 Å². The summed E-state index contributed by atoms with van der Waals surface area (Å²) in [7, 11) is -3.90. The van der Waals surface area contributed by atoms with Gasteiger partial charge in [0.25, 0.3) is 0 Å². The van der Waals surface area contributed by atoms with Crippen LogP contribution in [-0.4, -0.2) is 37.2 Å². The van der Waals surface area contributed by atoms with Crippen LogP contribution in [0.1, 0.15) is 45.4 Å². The number of hydrogen-bond acceptors (Lipinski definition) is 5. The molecule has 0 radical (unpaired) electrons. The Morgan fingerprint density at radius 2 is 1.79 bits per heavy atom. The highest BCUT2D eigenvalue weighted by Crippen LogP contribution is 2.35. The van der Waals surface area contributed by atoms with Gasteiger partial charge in [0.2, 0.25) is 21.8 Å². The Bertz CT molecular complexity index is 966. The normalized spacial score (nSPS) is 16.1. The van der Waals surface area contributed by atoms with E-state index in [9.17, 15) is 18.0 Å². The maximum Gasteiger partial charge on any atom is 0.241 e. The Hall–Kier alpha value is -2.65. The summed E-state index contributed by atoms with van der Waals surface area (Å²) < 4.78 is 33.3. The van der Waals surface area contributed by atoms with Gasteiger partial charge in [-0.15, -0.1) is 0 Å². The van der Waals surface area contributed by atoms with E-state index in [1.807, 2.05) is 6.92 Å². The predicted molar refractivity (Wildman–Crippen MR) is 108 cm³/mol. The summed E-state index contributed by atoms with van der Waals surface area (Å²) >= 11 is 0. The number of carbonyl (C=O) groups excluding carboxylic acids is 2. The van der Waals surface area contributed by atoms with Gasteiger partial charge in [0.1, 0.15) is 5.76 Å². The maximum atomic E-state index is 13.1. The molecule has 1 heterocycles. The number of nitrogens with zero attached hydrogens (tertiary/aromatic N) is 1. The van der Waals surface area contributed by atoms with Crippen LogP contribution in [0.2, 0.25) is 0 Å². The van der Waals surface area contributed by atoms with Crippen LogP contribution in [0.4, 0.5) is 5.69 Å². The van der Waals surface area contributed by atoms with Crippen molar-refractivity contribution in [2.24, 2.45) is 0 Å². The average Bonchev–Trinajstić information content (AvgIpc) is 3.32. The van der Waals surface area contributed by atoms with Gasteiger partial charge in [-0.3, -0.25) is 9.59 Å². The number of carbonyl (C=O) groups is 2. The molecule has 0 bridgehead atoms. The van der Waals surface area contributed by atoms with Crippen molar-refractivity contribution < 1.29 is 22.4 Å². The zero-order valence-corrected chi connectivity index (χ0v) is 17.4. The summed E-state index contributed by atoms with van der Waals surface area (Å²) in [6.45, 7) is 4.78. The van der Waals surface area contributed by atoms with Crippen LogP contribution in [-0.2, 0) is 19.6 Å². The highest BCUT2D eigenvalue weighted by atomic mass is 32.2. The molecule has 1 saturated carbocycles. The van der Waals surface area contributed by atoms with E-state index >= 15 is 0 Å². The van der Waals surface area contributed by atoms with Gasteiger partial charge in [-0.25, -0.2) is 8.42 Å². The first kappa shape index (κ1) is 21.1. The molecule has 29 heavy (non-hydrogen) atoms. The van der Waals surface area contributed by atoms with Crippen molar-refractivity contribution in [3.63, 3.8) is 0 Å². The second-order valence-corrected chi connectivity index (χ2v) is 8.93. The first-order chi connectivity index (χ1) is 13.7. The number of rotatable bonds is 8. The van der Waals surface area contributed by atoms with E-state index in [0.29, 0.717) is 11.4 Å². The number of benzene rings is 1. The molecular weight excluding hydrogens is 394 g/mol. The minimum Gasteiger partial charge on any atom is -0.467 e. The van der Waals surface area contributed by atoms with E-state index in [1.165, 1.54) is 38.1 Å². The molecule has 1 aromatic heterocycles. The monoisotopic (exact) mass is 419 g/mol. The molecule has 1 fully saturated rings. The van der Waals surface area contributed by atoms with Crippen molar-refractivity contribution >= 4 is 27.5 Å². The molecule has 0 spiro atoms. The lowest BCUT2D eigenvalue weighted by Crippen LogP contribution is -2.48. The number of amides is 2. The van der Waals surface area contributed by atoms with Crippen LogP contribution in [0.15, 0.2) is 52.0 Å². The molecule has 8 nitrogen and oxygen atoms in total. The summed E-state index contributed by atoms with van der Waals surface area (Å²) in [5.41, 5.74) is 0.493. The van der Waals surface area contributed by atoms with E-state index in [0.717, 1.165) is 12.8 Å². The SMILES string of the molecule is CC(=O)Nc1ccc(S(=O)(=O)N[C@@H](C)C(=O)N(C2CC2)C(C)c2ccco2)cc1. The third-order valence-corrected chi connectivity index (χ3v) is 6.31. The smallest absolute Gasteiger partial charge is 0.241 e. The molecule has 1 unspecified atom stereocenters. The number of sulfonamides is 1. The Kier molecular flexibility index (Phi) is 6.09. The summed E-state index contributed by atoms with van der Waals surface area (Å²) in [5.74, 6) is 0.118. The molecule has 3 rings (SSSR count). The molecule has 0 saturated heterocycles. The Morgan fingerprint density at radius 1 is 1.14 bits per heavy atom. The lowest BCUT2D eigenvalue weighted by atomic mass is 10.2. The summed E-state index contributed by atoms with van der Waals surface area (Å²) in [5, 5.41) is 2.58. The van der Waals surface area contributed by atoms with Gasteiger partial charge in [-0.05, 0) is 63.1 Å². The molecule has 2 N–H and O–H groups in total. The summed E-state index contributed by atoms with van der Waals surface area (Å²) in [6, 6.07) is 8.20. The van der Waals surface area contributed by atoms with Crippen LogP contribution >= 0.6 is 0 Å². The molecule has 9 heteroatoms. The van der Waals surface area contributed by atoms with Gasteiger partial charge in [0.15, 0.2) is 0 Å². The second-order valence-electron chi connectivity index (χ2n) is 7.22. The quantitative estimate of drug-likeness (QED) is 0.684. The van der Waals surface area contributed by atoms with Crippen molar-refractivity contribution in [3.8, 4) is 0 Å². The lowest BCUT2D eigenvalue weighted by Gasteiger charge is -2.30. The molecular formula is C20H25N3O5S. The highest BCUT2D eigenvalue weighted by Gasteiger charge is 2.39. The van der Waals surface area contributed by atoms with E-state index in [4.69, 9.17) is 4.42 Å². The average molecular weight is 420 g/mol. The van der Waals surface area contributed by atoms with E-state index in [2.05, 4.69) is 10.0 Å². The van der Waals surface area contributed by atoms with E-state index in [-0.39, 0.29) is 28.8 Å². The Labute approximate surface area is 170 Å². The number of anilines is 1. The minimum absolute atomic E-state index is 0.0170. The van der Waals surface area contributed by atoms with Crippen LogP contribution in [0.25, 0.3) is 0 Å². The largest absolute Gasteiger partial charge is 0.467 e. The molecule has 2 aromatic rings. The Balaban J connectivity index is 1.72. The highest BCUT2D eigenvalue weighted by molar-refractivity contribution is 7.89. The molecule has 0 aliphatic heterocycles. The fraction of sp³-hybridized carbons (Fsp3) is 0.400. The molecule has 1 aromatic carbocycles. The van der Waals surface area contributed by atoms with Crippen LogP contribution in [0.5, 0.6) is 0 Å². The van der Waals surface area contributed by atoms with Gasteiger partial charge < -0.3 is 14.6 Å². The van der Waals surface area contributed by atoms with Gasteiger partial charge in [0, 0.05) is 18.7 Å². The Morgan fingerprint density at radius 3 is 2.31 bits per heavy atom. The number of hydrogen-bond donors (Lipinski definition) is 2. The van der Waals surface area contributed by atoms with Crippen molar-refractivity contribution in [1.29, 1.82) is 0 Å². The van der Waals surface area contributed by atoms with Crippen LogP contribution < -0.4 is 10.0 Å². The fourth-order valence-electron chi connectivity index (χ4n) is 3.20. The molecule has 2 amide bonds. The second kappa shape index (κ2) is 8.38. The van der Waals surface area contributed by atoms with Crippen molar-refractivity contribution in [2.75, 3.05) is 5.32 Å². The number of furan rings is 1. The first-order valence-electron chi connectivity index (χ1n) is 9.44. The number of nitrogens with one attached hydrogen (secondary N) is 2. The van der Waals surface area contributed by atoms with Crippen LogP contribution in [0, 0.1) is 0 Å². The van der Waals surface area contributed by atoms with Crippen molar-refractivity contribution in [2.45, 2.75) is 56.6 Å². The molecule has 1 aliphatic carbocycles. The molecule has 1 aliphatic rings. The predicted octanol–water partition coefficient (Wildman–Crippen LogP) is 2.66. The lowest BCUT2D eigenvalue weighted by molar-refractivity contribution is -0.135. The maximum absolute atomic E-state index is 13.1. The minimum atomic E-state index is -3.90. The van der Waals surface area contributed by atoms with Crippen molar-refractivity contribution in [3.05, 3.63) is 48.4 Å². The van der Waals surface area contributed by atoms with E-state index < -0.39 is 16.1 Å². The third-order valence-electron chi connectivity index (χ3n) is 4.75. The summed E-state index contributed by atoms with van der Waals surface area (Å²) in [6.07, 6.45) is 3.33. The van der Waals surface area contributed by atoms with Gasteiger partial charge in [0.05, 0.1) is 23.2 Å². The first-order valence-corrected chi connectivity index (χ1v) is 10.9. The standard InChI is InChI=1S/C20H25N3O5S/c1-13(20(25)23(17-8-9-17)14(2)19-5-4-12-28-19)22-29(26,27)18-10-6-16(7-11-18)21-15(3)24/h4-7,10-14,17,22H,8-9H2,1-3H3,(H,21,24)/t13-,14?/m0/s1. The third kappa shape index (κ3) is 5.04. The van der Waals surface area contributed by atoms with Gasteiger partial charge in [-0.1, -0.05) is 0 Å². The zero-order chi connectivity index (χ0) is 21.2. The zero-order valence-electron chi connectivity index (χ0n) is 16.6. The topological polar surface area (TPSA) is 109 Å². The van der Waals surface area contributed by atoms with Gasteiger partial charge >= 0.3 is 0 Å². The summed E-state index contributed by atoms with van der Waals surface area (Å²) in [4.78, 5) is 25.9.